The lowest BCUT2D eigenvalue weighted by Crippen LogP contribution is -2.48. The smallest absolute Gasteiger partial charge is 0.107 e. The standard InChI is InChI=1S/C28H35N3O/c1-20-8-3-4-9-23(20)24-18-22-14-13-21(24)19-28(22,32)15-17-31(2)16-7-12-27-29-25-10-5-6-11-26(25)30-27/h3-6,8-11,18,21-22,32H,7,12-17,19H2,1-2H3,(H,29,30). The zero-order valence-corrected chi connectivity index (χ0v) is 19.3. The minimum atomic E-state index is -0.553. The van der Waals surface area contributed by atoms with Gasteiger partial charge in [0, 0.05) is 18.9 Å². The van der Waals surface area contributed by atoms with Gasteiger partial charge in [-0.15, -0.1) is 0 Å². The molecule has 0 saturated heterocycles. The molecule has 3 unspecified atom stereocenters. The highest BCUT2D eigenvalue weighted by Crippen LogP contribution is 2.51. The summed E-state index contributed by atoms with van der Waals surface area (Å²) in [5.41, 5.74) is 5.81. The van der Waals surface area contributed by atoms with Crippen molar-refractivity contribution in [2.45, 2.75) is 51.0 Å². The van der Waals surface area contributed by atoms with Crippen LogP contribution >= 0.6 is 0 Å². The zero-order valence-electron chi connectivity index (χ0n) is 19.3. The van der Waals surface area contributed by atoms with Crippen molar-refractivity contribution in [1.82, 2.24) is 14.9 Å². The monoisotopic (exact) mass is 429 g/mol. The Morgan fingerprint density at radius 3 is 2.69 bits per heavy atom. The Kier molecular flexibility index (Phi) is 5.92. The Morgan fingerprint density at radius 1 is 1.09 bits per heavy atom. The number of nitrogens with one attached hydrogen (secondary N) is 1. The molecule has 3 aliphatic carbocycles. The van der Waals surface area contributed by atoms with E-state index in [9.17, 15) is 5.11 Å². The van der Waals surface area contributed by atoms with Gasteiger partial charge in [0.1, 0.15) is 5.82 Å². The topological polar surface area (TPSA) is 52.1 Å². The summed E-state index contributed by atoms with van der Waals surface area (Å²) in [4.78, 5) is 10.5. The molecule has 168 valence electrons. The van der Waals surface area contributed by atoms with E-state index in [1.54, 1.807) is 0 Å². The summed E-state index contributed by atoms with van der Waals surface area (Å²) >= 11 is 0. The second kappa shape index (κ2) is 8.84. The van der Waals surface area contributed by atoms with E-state index in [2.05, 4.69) is 71.3 Å². The number of aryl methyl sites for hydroxylation is 2. The molecule has 0 aliphatic heterocycles. The number of para-hydroxylation sites is 2. The van der Waals surface area contributed by atoms with Crippen molar-refractivity contribution in [3.63, 3.8) is 0 Å². The average Bonchev–Trinajstić information content (AvgIpc) is 3.21. The molecular formula is C28H35N3O. The highest BCUT2D eigenvalue weighted by Gasteiger charge is 2.46. The van der Waals surface area contributed by atoms with Crippen LogP contribution in [-0.2, 0) is 6.42 Å². The molecule has 2 bridgehead atoms. The van der Waals surface area contributed by atoms with Crippen LogP contribution in [0.2, 0.25) is 0 Å². The van der Waals surface area contributed by atoms with Crippen molar-refractivity contribution in [3.05, 3.63) is 71.6 Å². The lowest BCUT2D eigenvalue weighted by atomic mass is 9.60. The molecule has 1 saturated carbocycles. The van der Waals surface area contributed by atoms with E-state index in [-0.39, 0.29) is 5.92 Å². The molecule has 0 radical (unpaired) electrons. The zero-order chi connectivity index (χ0) is 22.1. The van der Waals surface area contributed by atoms with Crippen LogP contribution < -0.4 is 0 Å². The second-order valence-electron chi connectivity index (χ2n) is 9.98. The summed E-state index contributed by atoms with van der Waals surface area (Å²) in [7, 11) is 2.18. The number of aliphatic hydroxyl groups is 1. The van der Waals surface area contributed by atoms with Gasteiger partial charge >= 0.3 is 0 Å². The number of rotatable bonds is 8. The normalized spacial score (nSPS) is 24.9. The summed E-state index contributed by atoms with van der Waals surface area (Å²) in [5, 5.41) is 11.5. The molecule has 6 rings (SSSR count). The van der Waals surface area contributed by atoms with Crippen LogP contribution in [0.3, 0.4) is 0 Å². The number of aromatic nitrogens is 2. The van der Waals surface area contributed by atoms with Crippen LogP contribution in [0, 0.1) is 18.8 Å². The lowest BCUT2D eigenvalue weighted by molar-refractivity contribution is -0.0574. The minimum absolute atomic E-state index is 0.283. The molecule has 32 heavy (non-hydrogen) atoms. The number of benzene rings is 2. The first-order valence-corrected chi connectivity index (χ1v) is 12.1. The van der Waals surface area contributed by atoms with E-state index in [4.69, 9.17) is 0 Å². The Bertz CT molecular complexity index is 1080. The quantitative estimate of drug-likeness (QED) is 0.506. The Hall–Kier alpha value is -2.43. The maximum atomic E-state index is 11.5. The van der Waals surface area contributed by atoms with Gasteiger partial charge in [-0.1, -0.05) is 42.5 Å². The van der Waals surface area contributed by atoms with Gasteiger partial charge in [-0.05, 0) is 87.4 Å². The third-order valence-electron chi connectivity index (χ3n) is 7.71. The first-order chi connectivity index (χ1) is 15.5. The molecular weight excluding hydrogens is 394 g/mol. The van der Waals surface area contributed by atoms with Crippen molar-refractivity contribution < 1.29 is 5.11 Å². The second-order valence-corrected chi connectivity index (χ2v) is 9.98. The van der Waals surface area contributed by atoms with E-state index in [0.29, 0.717) is 5.92 Å². The van der Waals surface area contributed by atoms with Crippen LogP contribution in [0.4, 0.5) is 0 Å². The van der Waals surface area contributed by atoms with Crippen molar-refractivity contribution >= 4 is 16.6 Å². The molecule has 1 heterocycles. The molecule has 4 heteroatoms. The highest BCUT2D eigenvalue weighted by atomic mass is 16.3. The first kappa shape index (κ1) is 21.4. The molecule has 0 amide bonds. The van der Waals surface area contributed by atoms with E-state index in [1.165, 1.54) is 23.1 Å². The van der Waals surface area contributed by atoms with Crippen LogP contribution in [-0.4, -0.2) is 45.7 Å². The third kappa shape index (κ3) is 4.26. The number of fused-ring (bicyclic) bond motifs is 3. The van der Waals surface area contributed by atoms with Crippen molar-refractivity contribution in [1.29, 1.82) is 0 Å². The molecule has 3 atom stereocenters. The van der Waals surface area contributed by atoms with E-state index >= 15 is 0 Å². The summed E-state index contributed by atoms with van der Waals surface area (Å²) in [6.45, 7) is 4.16. The van der Waals surface area contributed by atoms with Gasteiger partial charge in [0.2, 0.25) is 0 Å². The summed E-state index contributed by atoms with van der Waals surface area (Å²) in [6.07, 6.45) is 8.51. The number of hydrogen-bond acceptors (Lipinski definition) is 3. The third-order valence-corrected chi connectivity index (χ3v) is 7.71. The fourth-order valence-electron chi connectivity index (χ4n) is 5.82. The summed E-state index contributed by atoms with van der Waals surface area (Å²) in [5.74, 6) is 1.84. The van der Waals surface area contributed by atoms with Gasteiger partial charge in [-0.3, -0.25) is 0 Å². The van der Waals surface area contributed by atoms with Gasteiger partial charge < -0.3 is 15.0 Å². The van der Waals surface area contributed by atoms with Crippen LogP contribution in [0.25, 0.3) is 16.6 Å². The van der Waals surface area contributed by atoms with Crippen molar-refractivity contribution in [2.75, 3.05) is 20.1 Å². The van der Waals surface area contributed by atoms with Crippen molar-refractivity contribution in [2.24, 2.45) is 11.8 Å². The summed E-state index contributed by atoms with van der Waals surface area (Å²) in [6, 6.07) is 16.9. The maximum Gasteiger partial charge on any atom is 0.107 e. The molecule has 3 aromatic rings. The molecule has 1 fully saturated rings. The molecule has 2 aromatic carbocycles. The lowest BCUT2D eigenvalue weighted by Gasteiger charge is -2.48. The fourth-order valence-corrected chi connectivity index (χ4v) is 5.82. The van der Waals surface area contributed by atoms with Crippen LogP contribution in [0.5, 0.6) is 0 Å². The first-order valence-electron chi connectivity index (χ1n) is 12.1. The largest absolute Gasteiger partial charge is 0.389 e. The Labute approximate surface area is 191 Å². The Morgan fingerprint density at radius 2 is 1.91 bits per heavy atom. The van der Waals surface area contributed by atoms with E-state index in [0.717, 1.165) is 62.1 Å². The van der Waals surface area contributed by atoms with Crippen LogP contribution in [0.15, 0.2) is 54.6 Å². The number of aromatic amines is 1. The average molecular weight is 430 g/mol. The van der Waals surface area contributed by atoms with E-state index in [1.807, 2.05) is 12.1 Å². The SMILES string of the molecule is Cc1ccccc1C1=CC2CCC1CC2(O)CCN(C)CCCc1nc2ccccc2[nH]1. The van der Waals surface area contributed by atoms with Gasteiger partial charge in [-0.2, -0.15) is 0 Å². The molecule has 2 N–H and O–H groups in total. The molecule has 0 spiro atoms. The minimum Gasteiger partial charge on any atom is -0.389 e. The number of allylic oxidation sites excluding steroid dienone is 1. The highest BCUT2D eigenvalue weighted by molar-refractivity contribution is 5.74. The number of H-pyrrole nitrogens is 1. The van der Waals surface area contributed by atoms with Gasteiger partial charge in [0.15, 0.2) is 0 Å². The molecule has 4 nitrogen and oxygen atoms in total. The number of imidazole rings is 1. The Balaban J connectivity index is 1.15. The fraction of sp³-hybridized carbons (Fsp3) is 0.464. The number of hydrogen-bond donors (Lipinski definition) is 2. The summed E-state index contributed by atoms with van der Waals surface area (Å²) < 4.78 is 0. The van der Waals surface area contributed by atoms with Gasteiger partial charge in [-0.25, -0.2) is 4.98 Å². The van der Waals surface area contributed by atoms with Crippen LogP contribution in [0.1, 0.15) is 49.1 Å². The van der Waals surface area contributed by atoms with Gasteiger partial charge in [0.05, 0.1) is 16.6 Å². The van der Waals surface area contributed by atoms with Gasteiger partial charge in [0.25, 0.3) is 0 Å². The number of nitrogens with zero attached hydrogens (tertiary/aromatic N) is 2. The van der Waals surface area contributed by atoms with Crippen molar-refractivity contribution in [3.8, 4) is 0 Å². The predicted octanol–water partition coefficient (Wildman–Crippen LogP) is 5.37. The molecule has 1 aromatic heterocycles. The van der Waals surface area contributed by atoms with E-state index < -0.39 is 5.60 Å². The predicted molar refractivity (Wildman–Crippen MR) is 131 cm³/mol. The molecule has 3 aliphatic rings. The maximum absolute atomic E-state index is 11.5.